The molecule has 8 nitrogen and oxygen atoms in total. The van der Waals surface area contributed by atoms with Crippen LogP contribution in [-0.4, -0.2) is 31.7 Å². The van der Waals surface area contributed by atoms with E-state index in [0.29, 0.717) is 28.2 Å². The number of carbonyl (C=O) groups excluding carboxylic acids is 1. The molecule has 0 aliphatic rings. The number of sulfonamides is 1. The molecule has 11 heteroatoms. The Kier molecular flexibility index (Phi) is 7.87. The fourth-order valence-corrected chi connectivity index (χ4v) is 3.48. The molecule has 0 aromatic heterocycles. The van der Waals surface area contributed by atoms with Crippen LogP contribution in [0.4, 0.5) is 10.1 Å². The zero-order valence-corrected chi connectivity index (χ0v) is 19.4. The Bertz CT molecular complexity index is 1330. The first-order valence-corrected chi connectivity index (χ1v) is 12.1. The Labute approximate surface area is 200 Å². The maximum absolute atomic E-state index is 13.6. The molecule has 3 N–H and O–H groups in total. The van der Waals surface area contributed by atoms with Crippen LogP contribution in [-0.2, 0) is 27.8 Å². The van der Waals surface area contributed by atoms with Crippen molar-refractivity contribution in [2.45, 2.75) is 13.0 Å². The van der Waals surface area contributed by atoms with Gasteiger partial charge in [0.25, 0.3) is 5.91 Å². The topological polar surface area (TPSA) is 122 Å². The second-order valence-electron chi connectivity index (χ2n) is 7.32. The maximum Gasteiger partial charge on any atom is 0.307 e. The Hall–Kier alpha value is -3.47. The molecule has 3 aromatic rings. The fourth-order valence-electron chi connectivity index (χ4n) is 2.94. The van der Waals surface area contributed by atoms with Gasteiger partial charge in [0.15, 0.2) is 0 Å². The number of carboxylic acids is 1. The summed E-state index contributed by atoms with van der Waals surface area (Å²) in [4.78, 5) is 23.4. The van der Waals surface area contributed by atoms with Crippen LogP contribution in [0, 0.1) is 5.82 Å². The molecular formula is C23H20ClFN2O6S. The van der Waals surface area contributed by atoms with Crippen molar-refractivity contribution in [2.24, 2.45) is 0 Å². The van der Waals surface area contributed by atoms with Crippen LogP contribution in [0.2, 0.25) is 5.02 Å². The maximum atomic E-state index is 13.6. The molecule has 0 radical (unpaired) electrons. The summed E-state index contributed by atoms with van der Waals surface area (Å²) in [6.07, 6.45) is 0.782. The van der Waals surface area contributed by atoms with Gasteiger partial charge in [-0.25, -0.2) is 17.5 Å². The first kappa shape index (κ1) is 25.2. The van der Waals surface area contributed by atoms with Gasteiger partial charge in [0.2, 0.25) is 10.0 Å². The van der Waals surface area contributed by atoms with E-state index in [1.54, 1.807) is 18.2 Å². The molecule has 0 saturated heterocycles. The number of anilines is 1. The van der Waals surface area contributed by atoms with Crippen LogP contribution < -0.4 is 14.8 Å². The van der Waals surface area contributed by atoms with E-state index in [9.17, 15) is 22.4 Å². The summed E-state index contributed by atoms with van der Waals surface area (Å²) in [5.41, 5.74) is 1.46. The van der Waals surface area contributed by atoms with Crippen LogP contribution in [0.1, 0.15) is 21.5 Å². The van der Waals surface area contributed by atoms with E-state index >= 15 is 0 Å². The normalized spacial score (nSPS) is 11.1. The van der Waals surface area contributed by atoms with E-state index < -0.39 is 27.7 Å². The molecule has 0 heterocycles. The number of carboxylic acid groups (broad SMARTS) is 1. The number of aliphatic carboxylic acids is 1. The first-order valence-electron chi connectivity index (χ1n) is 9.83. The molecule has 0 spiro atoms. The van der Waals surface area contributed by atoms with Crippen molar-refractivity contribution >= 4 is 39.2 Å². The van der Waals surface area contributed by atoms with Gasteiger partial charge in [0.05, 0.1) is 17.7 Å². The van der Waals surface area contributed by atoms with E-state index in [-0.39, 0.29) is 23.7 Å². The fraction of sp³-hybridized carbons (Fsp3) is 0.130. The van der Waals surface area contributed by atoms with Crippen LogP contribution in [0.5, 0.6) is 11.5 Å². The van der Waals surface area contributed by atoms with Gasteiger partial charge in [0, 0.05) is 23.4 Å². The number of benzene rings is 3. The largest absolute Gasteiger partial charge is 0.481 e. The molecule has 0 unspecified atom stereocenters. The Morgan fingerprint density at radius 2 is 1.76 bits per heavy atom. The van der Waals surface area contributed by atoms with Gasteiger partial charge in [0.1, 0.15) is 17.3 Å². The molecular weight excluding hydrogens is 487 g/mol. The summed E-state index contributed by atoms with van der Waals surface area (Å²) in [7, 11) is -3.49. The van der Waals surface area contributed by atoms with Crippen LogP contribution in [0.15, 0.2) is 60.7 Å². The van der Waals surface area contributed by atoms with E-state index in [1.165, 1.54) is 36.4 Å². The lowest BCUT2D eigenvalue weighted by molar-refractivity contribution is -0.136. The predicted octanol–water partition coefficient (Wildman–Crippen LogP) is 4.20. The predicted molar refractivity (Wildman–Crippen MR) is 125 cm³/mol. The van der Waals surface area contributed by atoms with Crippen molar-refractivity contribution < 1.29 is 32.2 Å². The number of halogens is 2. The lowest BCUT2D eigenvalue weighted by Crippen LogP contribution is -2.21. The smallest absolute Gasteiger partial charge is 0.307 e. The van der Waals surface area contributed by atoms with Gasteiger partial charge in [-0.3, -0.25) is 9.59 Å². The summed E-state index contributed by atoms with van der Waals surface area (Å²) in [6.45, 7) is -0.0975. The molecule has 0 saturated carbocycles. The Morgan fingerprint density at radius 3 is 2.38 bits per heavy atom. The van der Waals surface area contributed by atoms with Crippen molar-refractivity contribution in [1.29, 1.82) is 0 Å². The first-order chi connectivity index (χ1) is 16.0. The quantitative estimate of drug-likeness (QED) is 0.400. The summed E-state index contributed by atoms with van der Waals surface area (Å²) in [5, 5.41) is 11.5. The highest BCUT2D eigenvalue weighted by Gasteiger charge is 2.13. The minimum absolute atomic E-state index is 0.0541. The number of hydrogen-bond acceptors (Lipinski definition) is 5. The summed E-state index contributed by atoms with van der Waals surface area (Å²) in [6, 6.07) is 14.7. The number of ether oxygens (including phenoxy) is 1. The average Bonchev–Trinajstić information content (AvgIpc) is 2.76. The van der Waals surface area contributed by atoms with Crippen LogP contribution in [0.3, 0.4) is 0 Å². The lowest BCUT2D eigenvalue weighted by Gasteiger charge is -2.13. The molecule has 0 bridgehead atoms. The van der Waals surface area contributed by atoms with E-state index in [0.717, 1.165) is 12.3 Å². The average molecular weight is 507 g/mol. The molecule has 0 atom stereocenters. The zero-order chi connectivity index (χ0) is 24.9. The Balaban J connectivity index is 1.76. The molecule has 3 aromatic carbocycles. The van der Waals surface area contributed by atoms with Gasteiger partial charge in [-0.1, -0.05) is 23.7 Å². The molecule has 178 valence electrons. The van der Waals surface area contributed by atoms with E-state index in [2.05, 4.69) is 10.0 Å². The third kappa shape index (κ3) is 7.27. The standard InChI is InChI=1S/C23H20ClFN2O6S/c1-34(31,32)26-13-16-10-14(11-22(28)29)2-9-21(16)33-18-6-3-15(4-7-18)23(30)27-17-5-8-19(24)20(25)12-17/h2-10,12,26H,11,13H2,1H3,(H,27,30)(H,28,29). The van der Waals surface area contributed by atoms with Crippen molar-refractivity contribution in [3.63, 3.8) is 0 Å². The van der Waals surface area contributed by atoms with Crippen molar-refractivity contribution in [2.75, 3.05) is 11.6 Å². The number of amides is 1. The van der Waals surface area contributed by atoms with Gasteiger partial charge < -0.3 is 15.2 Å². The highest BCUT2D eigenvalue weighted by molar-refractivity contribution is 7.88. The second-order valence-corrected chi connectivity index (χ2v) is 9.56. The number of carbonyl (C=O) groups is 2. The third-order valence-electron chi connectivity index (χ3n) is 4.53. The highest BCUT2D eigenvalue weighted by Crippen LogP contribution is 2.27. The second kappa shape index (κ2) is 10.6. The monoisotopic (exact) mass is 506 g/mol. The third-order valence-corrected chi connectivity index (χ3v) is 5.50. The van der Waals surface area contributed by atoms with Gasteiger partial charge in [-0.15, -0.1) is 0 Å². The summed E-state index contributed by atoms with van der Waals surface area (Å²) in [5.74, 6) is -1.46. The molecule has 0 aliphatic heterocycles. The number of rotatable bonds is 9. The SMILES string of the molecule is CS(=O)(=O)NCc1cc(CC(=O)O)ccc1Oc1ccc(C(=O)Nc2ccc(Cl)c(F)c2)cc1. The number of hydrogen-bond donors (Lipinski definition) is 3. The molecule has 1 amide bonds. The zero-order valence-electron chi connectivity index (χ0n) is 17.8. The molecule has 0 aliphatic carbocycles. The van der Waals surface area contributed by atoms with Crippen LogP contribution >= 0.6 is 11.6 Å². The van der Waals surface area contributed by atoms with E-state index in [1.807, 2.05) is 0 Å². The van der Waals surface area contributed by atoms with E-state index in [4.69, 9.17) is 21.4 Å². The molecule has 34 heavy (non-hydrogen) atoms. The Morgan fingerprint density at radius 1 is 1.06 bits per heavy atom. The number of nitrogens with one attached hydrogen (secondary N) is 2. The van der Waals surface area contributed by atoms with Crippen molar-refractivity contribution in [3.05, 3.63) is 88.2 Å². The highest BCUT2D eigenvalue weighted by atomic mass is 35.5. The van der Waals surface area contributed by atoms with Gasteiger partial charge in [-0.2, -0.15) is 0 Å². The summed E-state index contributed by atoms with van der Waals surface area (Å²) < 4.78 is 44.7. The van der Waals surface area contributed by atoms with Crippen molar-refractivity contribution in [1.82, 2.24) is 4.72 Å². The minimum Gasteiger partial charge on any atom is -0.481 e. The summed E-state index contributed by atoms with van der Waals surface area (Å²) >= 11 is 5.64. The lowest BCUT2D eigenvalue weighted by atomic mass is 10.1. The van der Waals surface area contributed by atoms with Gasteiger partial charge >= 0.3 is 5.97 Å². The van der Waals surface area contributed by atoms with Gasteiger partial charge in [-0.05, 0) is 54.1 Å². The molecule has 0 fully saturated rings. The minimum atomic E-state index is -3.49. The van der Waals surface area contributed by atoms with Crippen molar-refractivity contribution in [3.8, 4) is 11.5 Å². The van der Waals surface area contributed by atoms with Crippen LogP contribution in [0.25, 0.3) is 0 Å². The molecule has 3 rings (SSSR count).